The highest BCUT2D eigenvalue weighted by Gasteiger charge is 2.20. The number of para-hydroxylation sites is 1. The van der Waals surface area contributed by atoms with Crippen molar-refractivity contribution in [1.82, 2.24) is 24.5 Å². The van der Waals surface area contributed by atoms with Gasteiger partial charge in [-0.05, 0) is 42.5 Å². The van der Waals surface area contributed by atoms with E-state index in [9.17, 15) is 0 Å². The van der Waals surface area contributed by atoms with E-state index in [2.05, 4.69) is 59.2 Å². The number of rotatable bonds is 5. The zero-order chi connectivity index (χ0) is 30.5. The van der Waals surface area contributed by atoms with Crippen LogP contribution in [0.3, 0.4) is 0 Å². The van der Waals surface area contributed by atoms with Crippen molar-refractivity contribution in [2.24, 2.45) is 0 Å². The Morgan fingerprint density at radius 2 is 1.00 bits per heavy atom. The molecule has 0 aliphatic heterocycles. The Hall–Kier alpha value is -6.40. The van der Waals surface area contributed by atoms with Crippen molar-refractivity contribution in [2.75, 3.05) is 0 Å². The predicted molar refractivity (Wildman–Crippen MR) is 183 cm³/mol. The number of oxazole rings is 1. The van der Waals surface area contributed by atoms with Crippen molar-refractivity contribution in [3.63, 3.8) is 0 Å². The lowest BCUT2D eigenvalue weighted by atomic mass is 10.1. The fraction of sp³-hybridized carbons (Fsp3) is 0. The van der Waals surface area contributed by atoms with Gasteiger partial charge in [-0.15, -0.1) is 0 Å². The molecule has 9 rings (SSSR count). The third-order valence-electron chi connectivity index (χ3n) is 8.27. The summed E-state index contributed by atoms with van der Waals surface area (Å²) in [7, 11) is 0. The molecule has 216 valence electrons. The van der Waals surface area contributed by atoms with Gasteiger partial charge in [0.1, 0.15) is 5.52 Å². The molecule has 0 aliphatic carbocycles. The number of aromatic nitrogens is 5. The van der Waals surface area contributed by atoms with E-state index in [4.69, 9.17) is 24.4 Å². The first-order chi connectivity index (χ1) is 22.8. The normalized spacial score (nSPS) is 11.5. The van der Waals surface area contributed by atoms with E-state index < -0.39 is 0 Å². The van der Waals surface area contributed by atoms with Crippen LogP contribution < -0.4 is 0 Å². The summed E-state index contributed by atoms with van der Waals surface area (Å²) >= 11 is 0. The standard InChI is InChI=1S/C40H25N5O/c1-4-13-26(14-5-1)37-42-38(27-15-6-2-7-16-27)44-39(43-37)29-19-12-20-30(25-29)45-33-22-11-10-21-31(33)35-34(45)24-23-32-36(35)46-40(41-32)28-17-8-3-9-18-28/h1-25H. The number of hydrogen-bond donors (Lipinski definition) is 0. The maximum Gasteiger partial charge on any atom is 0.227 e. The minimum absolute atomic E-state index is 0.611. The van der Waals surface area contributed by atoms with Crippen LogP contribution >= 0.6 is 0 Å². The van der Waals surface area contributed by atoms with E-state index >= 15 is 0 Å². The molecular formula is C40H25N5O. The second-order valence-corrected chi connectivity index (χ2v) is 11.1. The van der Waals surface area contributed by atoms with Gasteiger partial charge in [0.15, 0.2) is 23.1 Å². The van der Waals surface area contributed by atoms with Gasteiger partial charge >= 0.3 is 0 Å². The average molecular weight is 592 g/mol. The maximum atomic E-state index is 6.48. The largest absolute Gasteiger partial charge is 0.435 e. The number of hydrogen-bond acceptors (Lipinski definition) is 5. The zero-order valence-corrected chi connectivity index (χ0v) is 24.6. The average Bonchev–Trinajstić information content (AvgIpc) is 3.72. The Morgan fingerprint density at radius 1 is 0.435 bits per heavy atom. The molecule has 3 heterocycles. The van der Waals surface area contributed by atoms with Crippen LogP contribution in [0, 0.1) is 0 Å². The molecule has 0 amide bonds. The monoisotopic (exact) mass is 591 g/mol. The summed E-state index contributed by atoms with van der Waals surface area (Å²) in [5.41, 5.74) is 8.43. The lowest BCUT2D eigenvalue weighted by Gasteiger charge is -2.11. The first-order valence-electron chi connectivity index (χ1n) is 15.2. The van der Waals surface area contributed by atoms with E-state index in [1.54, 1.807) is 0 Å². The summed E-state index contributed by atoms with van der Waals surface area (Å²) in [5.74, 6) is 2.49. The van der Waals surface area contributed by atoms with Gasteiger partial charge in [-0.2, -0.15) is 0 Å². The number of benzene rings is 6. The van der Waals surface area contributed by atoms with E-state index in [0.717, 1.165) is 60.8 Å². The van der Waals surface area contributed by atoms with E-state index in [1.165, 1.54) is 0 Å². The topological polar surface area (TPSA) is 69.6 Å². The highest BCUT2D eigenvalue weighted by molar-refractivity contribution is 6.19. The highest BCUT2D eigenvalue weighted by Crippen LogP contribution is 2.39. The summed E-state index contributed by atoms with van der Waals surface area (Å²) in [6.45, 7) is 0. The van der Waals surface area contributed by atoms with Crippen LogP contribution in [0.15, 0.2) is 156 Å². The van der Waals surface area contributed by atoms with Crippen molar-refractivity contribution < 1.29 is 4.42 Å². The molecule has 0 saturated carbocycles. The first-order valence-corrected chi connectivity index (χ1v) is 15.2. The Labute approximate surface area is 264 Å². The van der Waals surface area contributed by atoms with Gasteiger partial charge in [-0.3, -0.25) is 0 Å². The van der Waals surface area contributed by atoms with Crippen LogP contribution in [0.2, 0.25) is 0 Å². The van der Waals surface area contributed by atoms with E-state index in [1.807, 2.05) is 97.1 Å². The molecule has 46 heavy (non-hydrogen) atoms. The molecule has 0 spiro atoms. The first kappa shape index (κ1) is 26.0. The quantitative estimate of drug-likeness (QED) is 0.199. The fourth-order valence-corrected chi connectivity index (χ4v) is 6.14. The Bertz CT molecular complexity index is 2460. The van der Waals surface area contributed by atoms with Crippen LogP contribution in [-0.2, 0) is 0 Å². The molecule has 6 aromatic carbocycles. The summed E-state index contributed by atoms with van der Waals surface area (Å²) in [4.78, 5) is 19.6. The molecule has 0 atom stereocenters. The Balaban J connectivity index is 1.24. The zero-order valence-electron chi connectivity index (χ0n) is 24.6. The summed E-state index contributed by atoms with van der Waals surface area (Å²) in [5, 5.41) is 2.13. The van der Waals surface area contributed by atoms with Crippen LogP contribution in [0.25, 0.3) is 84.2 Å². The van der Waals surface area contributed by atoms with Gasteiger partial charge in [0.05, 0.1) is 16.4 Å². The van der Waals surface area contributed by atoms with Crippen LogP contribution in [-0.4, -0.2) is 24.5 Å². The number of fused-ring (bicyclic) bond motifs is 5. The lowest BCUT2D eigenvalue weighted by molar-refractivity contribution is 0.623. The SMILES string of the molecule is c1ccc(-c2nc(-c3ccccc3)nc(-c3cccc(-n4c5ccccc5c5c6oc(-c7ccccc7)nc6ccc54)c3)n2)cc1. The minimum atomic E-state index is 0.611. The van der Waals surface area contributed by atoms with Gasteiger partial charge in [-0.25, -0.2) is 19.9 Å². The molecule has 0 aliphatic rings. The smallest absolute Gasteiger partial charge is 0.227 e. The third kappa shape index (κ3) is 4.35. The second kappa shape index (κ2) is 10.6. The van der Waals surface area contributed by atoms with Crippen molar-refractivity contribution >= 4 is 32.9 Å². The van der Waals surface area contributed by atoms with Crippen molar-refractivity contribution in [1.29, 1.82) is 0 Å². The Kier molecular flexibility index (Phi) is 6.03. The minimum Gasteiger partial charge on any atom is -0.435 e. The van der Waals surface area contributed by atoms with E-state index in [0.29, 0.717) is 23.4 Å². The predicted octanol–water partition coefficient (Wildman–Crippen LogP) is 9.78. The van der Waals surface area contributed by atoms with Crippen LogP contribution in [0.1, 0.15) is 0 Å². The molecule has 6 heteroatoms. The fourth-order valence-electron chi connectivity index (χ4n) is 6.14. The maximum absolute atomic E-state index is 6.48. The second-order valence-electron chi connectivity index (χ2n) is 11.1. The lowest BCUT2D eigenvalue weighted by Crippen LogP contribution is -2.01. The Morgan fingerprint density at radius 3 is 1.67 bits per heavy atom. The van der Waals surface area contributed by atoms with Crippen LogP contribution in [0.5, 0.6) is 0 Å². The molecule has 0 fully saturated rings. The molecule has 9 aromatic rings. The number of nitrogens with zero attached hydrogens (tertiary/aromatic N) is 5. The van der Waals surface area contributed by atoms with Crippen molar-refractivity contribution in [3.8, 4) is 51.3 Å². The molecule has 6 nitrogen and oxygen atoms in total. The molecule has 0 N–H and O–H groups in total. The molecule has 3 aromatic heterocycles. The molecule has 0 saturated heterocycles. The van der Waals surface area contributed by atoms with Crippen molar-refractivity contribution in [3.05, 3.63) is 152 Å². The van der Waals surface area contributed by atoms with Gasteiger partial charge in [-0.1, -0.05) is 109 Å². The van der Waals surface area contributed by atoms with Gasteiger partial charge in [0.2, 0.25) is 5.89 Å². The summed E-state index contributed by atoms with van der Waals surface area (Å²) in [6, 6.07) is 51.1. The molecule has 0 bridgehead atoms. The summed E-state index contributed by atoms with van der Waals surface area (Å²) < 4.78 is 8.75. The summed E-state index contributed by atoms with van der Waals surface area (Å²) in [6.07, 6.45) is 0. The van der Waals surface area contributed by atoms with Gasteiger partial charge in [0, 0.05) is 33.3 Å². The van der Waals surface area contributed by atoms with Crippen LogP contribution in [0.4, 0.5) is 0 Å². The van der Waals surface area contributed by atoms with Gasteiger partial charge < -0.3 is 8.98 Å². The third-order valence-corrected chi connectivity index (χ3v) is 8.27. The molecule has 0 radical (unpaired) electrons. The van der Waals surface area contributed by atoms with E-state index in [-0.39, 0.29) is 0 Å². The molecular weight excluding hydrogens is 566 g/mol. The highest BCUT2D eigenvalue weighted by atomic mass is 16.3. The van der Waals surface area contributed by atoms with Crippen molar-refractivity contribution in [2.45, 2.75) is 0 Å². The molecule has 0 unspecified atom stereocenters. The van der Waals surface area contributed by atoms with Gasteiger partial charge in [0.25, 0.3) is 0 Å².